The van der Waals surface area contributed by atoms with Gasteiger partial charge in [-0.15, -0.1) is 0 Å². The minimum atomic E-state index is -0.130. The first-order valence-electron chi connectivity index (χ1n) is 7.43. The minimum Gasteiger partial charge on any atom is -0.497 e. The lowest BCUT2D eigenvalue weighted by atomic mass is 10.2. The van der Waals surface area contributed by atoms with E-state index >= 15 is 0 Å². The summed E-state index contributed by atoms with van der Waals surface area (Å²) in [6.45, 7) is 2.35. The SMILES string of the molecule is COCc1ncn2c1CN(C(=O)Nc1cccc(OC)c1)CC2. The quantitative estimate of drug-likeness (QED) is 0.938. The molecule has 2 amide bonds. The second kappa shape index (κ2) is 6.70. The van der Waals surface area contributed by atoms with Crippen LogP contribution in [0.2, 0.25) is 0 Å². The van der Waals surface area contributed by atoms with E-state index < -0.39 is 0 Å². The Morgan fingerprint density at radius 3 is 3.00 bits per heavy atom. The number of aromatic nitrogens is 2. The van der Waals surface area contributed by atoms with Gasteiger partial charge in [0.05, 0.1) is 38.0 Å². The van der Waals surface area contributed by atoms with Gasteiger partial charge in [-0.2, -0.15) is 0 Å². The molecule has 7 nitrogen and oxygen atoms in total. The van der Waals surface area contributed by atoms with Crippen LogP contribution in [0.4, 0.5) is 10.5 Å². The molecule has 1 aromatic carbocycles. The number of methoxy groups -OCH3 is 2. The van der Waals surface area contributed by atoms with Crippen LogP contribution in [0.25, 0.3) is 0 Å². The molecule has 0 fully saturated rings. The van der Waals surface area contributed by atoms with Crippen LogP contribution in [0, 0.1) is 0 Å². The van der Waals surface area contributed by atoms with E-state index in [4.69, 9.17) is 9.47 Å². The Kier molecular flexibility index (Phi) is 4.47. The molecule has 3 rings (SSSR count). The van der Waals surface area contributed by atoms with Crippen molar-refractivity contribution in [3.63, 3.8) is 0 Å². The lowest BCUT2D eigenvalue weighted by Crippen LogP contribution is -2.40. The zero-order valence-electron chi connectivity index (χ0n) is 13.3. The number of hydrogen-bond donors (Lipinski definition) is 1. The topological polar surface area (TPSA) is 68.6 Å². The molecule has 122 valence electrons. The summed E-state index contributed by atoms with van der Waals surface area (Å²) in [5.41, 5.74) is 2.62. The van der Waals surface area contributed by atoms with Crippen molar-refractivity contribution < 1.29 is 14.3 Å². The number of fused-ring (bicyclic) bond motifs is 1. The summed E-state index contributed by atoms with van der Waals surface area (Å²) in [4.78, 5) is 18.6. The molecule has 0 saturated heterocycles. The molecular formula is C16H20N4O3. The highest BCUT2D eigenvalue weighted by molar-refractivity contribution is 5.89. The highest BCUT2D eigenvalue weighted by atomic mass is 16.5. The number of hydrogen-bond acceptors (Lipinski definition) is 4. The number of anilines is 1. The van der Waals surface area contributed by atoms with Gasteiger partial charge < -0.3 is 24.3 Å². The van der Waals surface area contributed by atoms with Crippen LogP contribution >= 0.6 is 0 Å². The molecule has 23 heavy (non-hydrogen) atoms. The summed E-state index contributed by atoms with van der Waals surface area (Å²) in [5.74, 6) is 0.710. The zero-order chi connectivity index (χ0) is 16.2. The van der Waals surface area contributed by atoms with Crippen molar-refractivity contribution >= 4 is 11.7 Å². The largest absolute Gasteiger partial charge is 0.497 e. The number of carbonyl (C=O) groups excluding carboxylic acids is 1. The lowest BCUT2D eigenvalue weighted by molar-refractivity contribution is 0.175. The first-order chi connectivity index (χ1) is 11.2. The Balaban J connectivity index is 1.70. The van der Waals surface area contributed by atoms with Crippen molar-refractivity contribution in [2.45, 2.75) is 19.7 Å². The maximum absolute atomic E-state index is 12.5. The van der Waals surface area contributed by atoms with Crippen molar-refractivity contribution in [3.05, 3.63) is 42.0 Å². The summed E-state index contributed by atoms with van der Waals surface area (Å²) >= 11 is 0. The number of urea groups is 1. The zero-order valence-corrected chi connectivity index (χ0v) is 13.3. The molecule has 2 aromatic rings. The molecular weight excluding hydrogens is 296 g/mol. The average molecular weight is 316 g/mol. The Bertz CT molecular complexity index is 698. The Labute approximate surface area is 134 Å². The normalized spacial score (nSPS) is 13.6. The molecule has 7 heteroatoms. The number of amides is 2. The highest BCUT2D eigenvalue weighted by Crippen LogP contribution is 2.20. The van der Waals surface area contributed by atoms with Gasteiger partial charge in [0.25, 0.3) is 0 Å². The first kappa shape index (κ1) is 15.4. The van der Waals surface area contributed by atoms with E-state index in [-0.39, 0.29) is 6.03 Å². The predicted octanol–water partition coefficient (Wildman–Crippen LogP) is 2.09. The van der Waals surface area contributed by atoms with Crippen LogP contribution in [-0.4, -0.2) is 41.2 Å². The van der Waals surface area contributed by atoms with Gasteiger partial charge in [0.15, 0.2) is 0 Å². The lowest BCUT2D eigenvalue weighted by Gasteiger charge is -2.29. The van der Waals surface area contributed by atoms with Crippen LogP contribution < -0.4 is 10.1 Å². The molecule has 0 spiro atoms. The van der Waals surface area contributed by atoms with Gasteiger partial charge in [-0.3, -0.25) is 0 Å². The van der Waals surface area contributed by atoms with Gasteiger partial charge in [0.1, 0.15) is 5.75 Å². The first-order valence-corrected chi connectivity index (χ1v) is 7.43. The number of carbonyl (C=O) groups is 1. The molecule has 1 aliphatic rings. The number of nitrogens with one attached hydrogen (secondary N) is 1. The van der Waals surface area contributed by atoms with Crippen molar-refractivity contribution in [2.24, 2.45) is 0 Å². The number of nitrogens with zero attached hydrogens (tertiary/aromatic N) is 3. The molecule has 0 radical (unpaired) electrons. The highest BCUT2D eigenvalue weighted by Gasteiger charge is 2.23. The smallest absolute Gasteiger partial charge is 0.322 e. The molecule has 1 aliphatic heterocycles. The second-order valence-corrected chi connectivity index (χ2v) is 5.35. The predicted molar refractivity (Wildman–Crippen MR) is 85.4 cm³/mol. The summed E-state index contributed by atoms with van der Waals surface area (Å²) in [6.07, 6.45) is 1.81. The molecule has 0 unspecified atom stereocenters. The summed E-state index contributed by atoms with van der Waals surface area (Å²) in [6, 6.07) is 7.18. The molecule has 1 N–H and O–H groups in total. The van der Waals surface area contributed by atoms with Crippen LogP contribution in [-0.2, 0) is 24.4 Å². The number of benzene rings is 1. The fourth-order valence-corrected chi connectivity index (χ4v) is 2.65. The molecule has 2 heterocycles. The van der Waals surface area contributed by atoms with Crippen LogP contribution in [0.3, 0.4) is 0 Å². The third-order valence-corrected chi connectivity index (χ3v) is 3.87. The maximum Gasteiger partial charge on any atom is 0.322 e. The van der Waals surface area contributed by atoms with Crippen molar-refractivity contribution in [2.75, 3.05) is 26.1 Å². The van der Waals surface area contributed by atoms with Gasteiger partial charge in [0.2, 0.25) is 0 Å². The third-order valence-electron chi connectivity index (χ3n) is 3.87. The van der Waals surface area contributed by atoms with E-state index in [1.54, 1.807) is 31.5 Å². The van der Waals surface area contributed by atoms with E-state index in [1.165, 1.54) is 0 Å². The summed E-state index contributed by atoms with van der Waals surface area (Å²) in [7, 11) is 3.24. The number of rotatable bonds is 4. The van der Waals surface area contributed by atoms with Gasteiger partial charge in [0, 0.05) is 32.0 Å². The van der Waals surface area contributed by atoms with E-state index in [0.717, 1.165) is 17.9 Å². The third kappa shape index (κ3) is 3.29. The molecule has 0 aliphatic carbocycles. The summed E-state index contributed by atoms with van der Waals surface area (Å²) in [5, 5.41) is 2.91. The van der Waals surface area contributed by atoms with Crippen molar-refractivity contribution in [3.8, 4) is 5.75 Å². The van der Waals surface area contributed by atoms with Gasteiger partial charge in [-0.1, -0.05) is 6.07 Å². The van der Waals surface area contributed by atoms with Crippen molar-refractivity contribution in [1.29, 1.82) is 0 Å². The van der Waals surface area contributed by atoms with Crippen molar-refractivity contribution in [1.82, 2.24) is 14.5 Å². The number of ether oxygens (including phenoxy) is 2. The minimum absolute atomic E-state index is 0.130. The second-order valence-electron chi connectivity index (χ2n) is 5.35. The Morgan fingerprint density at radius 1 is 1.35 bits per heavy atom. The van der Waals surface area contributed by atoms with E-state index in [9.17, 15) is 4.79 Å². The fraction of sp³-hybridized carbons (Fsp3) is 0.375. The average Bonchev–Trinajstić information content (AvgIpc) is 2.98. The Morgan fingerprint density at radius 2 is 2.22 bits per heavy atom. The summed E-state index contributed by atoms with van der Waals surface area (Å²) < 4.78 is 12.4. The molecule has 0 bridgehead atoms. The van der Waals surface area contributed by atoms with Gasteiger partial charge in [-0.25, -0.2) is 9.78 Å². The molecule has 1 aromatic heterocycles. The van der Waals surface area contributed by atoms with E-state index in [1.807, 2.05) is 18.2 Å². The number of imidazole rings is 1. The van der Waals surface area contributed by atoms with Gasteiger partial charge >= 0.3 is 6.03 Å². The van der Waals surface area contributed by atoms with Crippen LogP contribution in [0.15, 0.2) is 30.6 Å². The fourth-order valence-electron chi connectivity index (χ4n) is 2.65. The molecule has 0 atom stereocenters. The van der Waals surface area contributed by atoms with E-state index in [0.29, 0.717) is 31.1 Å². The standard InChI is InChI=1S/C16H20N4O3/c1-22-10-14-15-9-19(6-7-20(15)11-17-14)16(21)18-12-4-3-5-13(8-12)23-2/h3-5,8,11H,6-7,9-10H2,1-2H3,(H,18,21). The van der Waals surface area contributed by atoms with Gasteiger partial charge in [-0.05, 0) is 12.1 Å². The van der Waals surface area contributed by atoms with Crippen LogP contribution in [0.1, 0.15) is 11.4 Å². The van der Waals surface area contributed by atoms with E-state index in [2.05, 4.69) is 14.9 Å². The maximum atomic E-state index is 12.5. The molecule has 0 saturated carbocycles. The van der Waals surface area contributed by atoms with Crippen LogP contribution in [0.5, 0.6) is 5.75 Å². The monoisotopic (exact) mass is 316 g/mol. The Hall–Kier alpha value is -2.54.